The molecule has 5 rings (SSSR count). The van der Waals surface area contributed by atoms with E-state index < -0.39 is 17.2 Å². The third-order valence-corrected chi connectivity index (χ3v) is 7.20. The monoisotopic (exact) mass is 537 g/mol. The molecule has 3 aromatic rings. The van der Waals surface area contributed by atoms with Crippen LogP contribution in [0.15, 0.2) is 40.4 Å². The highest BCUT2D eigenvalue weighted by Gasteiger charge is 2.28. The minimum absolute atomic E-state index is 0.0943. The normalized spacial score (nSPS) is 16.1. The standard InChI is InChI=1S/C28H32FN5O5/c1-32-7-9-33(10-8-32)23-14-22-19(13-21(23)29)26(35)20(16-34(22)18-5-6-18)28(36)31-30-15-17-11-24(37-2)27(39-4)25(12-17)38-3/h11-16,18H,5-10H2,1-4H3,(H,31,36)/b30-15-. The number of anilines is 1. The summed E-state index contributed by atoms with van der Waals surface area (Å²) >= 11 is 0. The number of halogens is 1. The second kappa shape index (κ2) is 10.9. The van der Waals surface area contributed by atoms with Crippen LogP contribution in [0.25, 0.3) is 10.9 Å². The third kappa shape index (κ3) is 5.26. The van der Waals surface area contributed by atoms with Gasteiger partial charge in [0.1, 0.15) is 11.4 Å². The van der Waals surface area contributed by atoms with Gasteiger partial charge >= 0.3 is 0 Å². The molecule has 39 heavy (non-hydrogen) atoms. The van der Waals surface area contributed by atoms with E-state index >= 15 is 4.39 Å². The second-order valence-electron chi connectivity index (χ2n) is 9.78. The lowest BCUT2D eigenvalue weighted by Crippen LogP contribution is -2.44. The van der Waals surface area contributed by atoms with Gasteiger partial charge in [-0.25, -0.2) is 9.82 Å². The molecule has 1 N–H and O–H groups in total. The van der Waals surface area contributed by atoms with Crippen molar-refractivity contribution in [2.24, 2.45) is 5.10 Å². The number of carbonyl (C=O) groups excluding carboxylic acids is 1. The summed E-state index contributed by atoms with van der Waals surface area (Å²) in [5.74, 6) is 0.155. The Morgan fingerprint density at radius 1 is 1.03 bits per heavy atom. The Bertz CT molecular complexity index is 1470. The summed E-state index contributed by atoms with van der Waals surface area (Å²) in [5, 5.41) is 4.20. The summed E-state index contributed by atoms with van der Waals surface area (Å²) < 4.78 is 33.2. The van der Waals surface area contributed by atoms with Gasteiger partial charge in [-0.15, -0.1) is 0 Å². The molecule has 2 heterocycles. The number of piperazine rings is 1. The highest BCUT2D eigenvalue weighted by molar-refractivity contribution is 5.98. The Morgan fingerprint density at radius 3 is 2.28 bits per heavy atom. The third-order valence-electron chi connectivity index (χ3n) is 7.20. The molecule has 206 valence electrons. The second-order valence-corrected chi connectivity index (χ2v) is 9.78. The lowest BCUT2D eigenvalue weighted by molar-refractivity contribution is 0.0953. The summed E-state index contributed by atoms with van der Waals surface area (Å²) in [5.41, 5.74) is 3.49. The van der Waals surface area contributed by atoms with Crippen LogP contribution < -0.4 is 30.0 Å². The number of carbonyl (C=O) groups is 1. The van der Waals surface area contributed by atoms with Gasteiger partial charge in [-0.1, -0.05) is 0 Å². The van der Waals surface area contributed by atoms with Gasteiger partial charge < -0.3 is 28.6 Å². The van der Waals surface area contributed by atoms with E-state index in [2.05, 4.69) is 15.4 Å². The zero-order valence-corrected chi connectivity index (χ0v) is 22.5. The maximum absolute atomic E-state index is 15.3. The minimum atomic E-state index is -0.677. The highest BCUT2D eigenvalue weighted by atomic mass is 19.1. The first-order valence-corrected chi connectivity index (χ1v) is 12.8. The number of ether oxygens (including phenoxy) is 3. The predicted octanol–water partition coefficient (Wildman–Crippen LogP) is 3.02. The molecule has 1 aliphatic carbocycles. The predicted molar refractivity (Wildman–Crippen MR) is 147 cm³/mol. The molecule has 2 aliphatic rings. The summed E-state index contributed by atoms with van der Waals surface area (Å²) in [4.78, 5) is 30.6. The number of rotatable bonds is 8. The first-order chi connectivity index (χ1) is 18.8. The van der Waals surface area contributed by atoms with E-state index in [4.69, 9.17) is 14.2 Å². The molecule has 0 radical (unpaired) electrons. The molecule has 2 aromatic carbocycles. The van der Waals surface area contributed by atoms with Crippen molar-refractivity contribution < 1.29 is 23.4 Å². The number of hydrogen-bond donors (Lipinski definition) is 1. The number of pyridine rings is 1. The van der Waals surface area contributed by atoms with Crippen molar-refractivity contribution in [1.29, 1.82) is 0 Å². The quantitative estimate of drug-likeness (QED) is 0.349. The van der Waals surface area contributed by atoms with E-state index in [0.717, 1.165) is 25.9 Å². The highest BCUT2D eigenvalue weighted by Crippen LogP contribution is 2.39. The van der Waals surface area contributed by atoms with E-state index in [-0.39, 0.29) is 17.0 Å². The Balaban J connectivity index is 1.45. The van der Waals surface area contributed by atoms with Gasteiger partial charge in [0, 0.05) is 49.4 Å². The minimum Gasteiger partial charge on any atom is -0.493 e. The number of methoxy groups -OCH3 is 3. The molecule has 0 bridgehead atoms. The topological polar surface area (TPSA) is 97.6 Å². The van der Waals surface area contributed by atoms with E-state index in [1.54, 1.807) is 24.4 Å². The Hall–Kier alpha value is -4.12. The van der Waals surface area contributed by atoms with Crippen LogP contribution in [0.4, 0.5) is 10.1 Å². The fraction of sp³-hybridized carbons (Fsp3) is 0.393. The summed E-state index contributed by atoms with van der Waals surface area (Å²) in [7, 11) is 6.55. The van der Waals surface area contributed by atoms with Gasteiger partial charge in [0.2, 0.25) is 11.2 Å². The van der Waals surface area contributed by atoms with Crippen LogP contribution in [0.5, 0.6) is 17.2 Å². The number of likely N-dealkylation sites (N-methyl/N-ethyl adjacent to an activating group) is 1. The van der Waals surface area contributed by atoms with Gasteiger partial charge in [-0.3, -0.25) is 9.59 Å². The van der Waals surface area contributed by atoms with Crippen molar-refractivity contribution in [3.05, 3.63) is 57.6 Å². The maximum atomic E-state index is 15.3. The summed E-state index contributed by atoms with van der Waals surface area (Å²) in [6, 6.07) is 6.52. The van der Waals surface area contributed by atoms with Gasteiger partial charge in [-0.2, -0.15) is 5.10 Å². The number of nitrogens with one attached hydrogen (secondary N) is 1. The SMILES string of the molecule is COc1cc(/C=N\NC(=O)c2cn(C3CC3)c3cc(N4CCN(C)CC4)c(F)cc3c2=O)cc(OC)c1OC. The molecule has 0 spiro atoms. The average Bonchev–Trinajstić information content (AvgIpc) is 3.78. The van der Waals surface area contributed by atoms with Crippen LogP contribution in [0.3, 0.4) is 0 Å². The average molecular weight is 538 g/mol. The van der Waals surface area contributed by atoms with Crippen molar-refractivity contribution in [2.45, 2.75) is 18.9 Å². The van der Waals surface area contributed by atoms with E-state index in [1.807, 2.05) is 16.5 Å². The molecule has 10 nitrogen and oxygen atoms in total. The molecule has 0 unspecified atom stereocenters. The molecule has 1 saturated carbocycles. The van der Waals surface area contributed by atoms with Gasteiger partial charge in [0.05, 0.1) is 38.7 Å². The summed E-state index contributed by atoms with van der Waals surface area (Å²) in [6.07, 6.45) is 4.84. The molecular weight excluding hydrogens is 505 g/mol. The molecule has 1 aliphatic heterocycles. The van der Waals surface area contributed by atoms with Crippen molar-refractivity contribution in [1.82, 2.24) is 14.9 Å². The fourth-order valence-electron chi connectivity index (χ4n) is 4.87. The van der Waals surface area contributed by atoms with Crippen LogP contribution in [-0.2, 0) is 0 Å². The van der Waals surface area contributed by atoms with Gasteiger partial charge in [0.15, 0.2) is 11.5 Å². The first-order valence-electron chi connectivity index (χ1n) is 12.8. The number of amides is 1. The molecule has 0 atom stereocenters. The number of aromatic nitrogens is 1. The molecule has 1 aromatic heterocycles. The van der Waals surface area contributed by atoms with Crippen LogP contribution in [0, 0.1) is 5.82 Å². The molecule has 1 saturated heterocycles. The van der Waals surface area contributed by atoms with Crippen molar-refractivity contribution in [2.75, 3.05) is 59.5 Å². The lowest BCUT2D eigenvalue weighted by Gasteiger charge is -2.34. The van der Waals surface area contributed by atoms with Crippen LogP contribution >= 0.6 is 0 Å². The van der Waals surface area contributed by atoms with Crippen LogP contribution in [0.2, 0.25) is 0 Å². The van der Waals surface area contributed by atoms with Crippen molar-refractivity contribution >= 4 is 28.7 Å². The first kappa shape index (κ1) is 26.5. The van der Waals surface area contributed by atoms with Gasteiger partial charge in [0.25, 0.3) is 5.91 Å². The number of hydrogen-bond acceptors (Lipinski definition) is 8. The fourth-order valence-corrected chi connectivity index (χ4v) is 4.87. The van der Waals surface area contributed by atoms with Crippen LogP contribution in [-0.4, -0.2) is 76.1 Å². The molecule has 11 heteroatoms. The van der Waals surface area contributed by atoms with E-state index in [9.17, 15) is 9.59 Å². The molecule has 2 fully saturated rings. The molecular formula is C28H32FN5O5. The summed E-state index contributed by atoms with van der Waals surface area (Å²) in [6.45, 7) is 3.08. The number of nitrogens with zero attached hydrogens (tertiary/aromatic N) is 4. The van der Waals surface area contributed by atoms with Crippen molar-refractivity contribution in [3.8, 4) is 17.2 Å². The Kier molecular flexibility index (Phi) is 7.42. The zero-order chi connectivity index (χ0) is 27.7. The smallest absolute Gasteiger partial charge is 0.276 e. The van der Waals surface area contributed by atoms with E-state index in [0.29, 0.717) is 47.1 Å². The largest absolute Gasteiger partial charge is 0.493 e. The number of fused-ring (bicyclic) bond motifs is 1. The number of hydrazone groups is 1. The number of benzene rings is 2. The van der Waals surface area contributed by atoms with Crippen molar-refractivity contribution in [3.63, 3.8) is 0 Å². The molecule has 1 amide bonds. The Morgan fingerprint density at radius 2 is 1.69 bits per heavy atom. The maximum Gasteiger partial charge on any atom is 0.276 e. The zero-order valence-electron chi connectivity index (χ0n) is 22.5. The Labute approximate surface area is 225 Å². The van der Waals surface area contributed by atoms with Gasteiger partial charge in [-0.05, 0) is 44.2 Å². The lowest BCUT2D eigenvalue weighted by atomic mass is 10.1. The van der Waals surface area contributed by atoms with Crippen LogP contribution in [0.1, 0.15) is 34.8 Å². The van der Waals surface area contributed by atoms with E-state index in [1.165, 1.54) is 33.6 Å².